The Morgan fingerprint density at radius 2 is 2.04 bits per heavy atom. The predicted octanol–water partition coefficient (Wildman–Crippen LogP) is 1.86. The molecule has 1 aromatic carbocycles. The molecular weight excluding hydrogens is 316 g/mol. The maximum atomic E-state index is 12.5. The van der Waals surface area contributed by atoms with Crippen LogP contribution in [-0.4, -0.2) is 53.2 Å². The van der Waals surface area contributed by atoms with Crippen LogP contribution in [0, 0.1) is 0 Å². The Kier molecular flexibility index (Phi) is 6.26. The second kappa shape index (κ2) is 7.99. The molecule has 0 amide bonds. The number of hydrogen-bond acceptors (Lipinski definition) is 5. The summed E-state index contributed by atoms with van der Waals surface area (Å²) in [5, 5.41) is 0. The van der Waals surface area contributed by atoms with Gasteiger partial charge in [-0.3, -0.25) is 4.90 Å². The van der Waals surface area contributed by atoms with Gasteiger partial charge < -0.3 is 9.47 Å². The zero-order valence-corrected chi connectivity index (χ0v) is 14.9. The van der Waals surface area contributed by atoms with Crippen LogP contribution < -0.4 is 14.2 Å². The van der Waals surface area contributed by atoms with E-state index in [2.05, 4.69) is 16.5 Å². The van der Waals surface area contributed by atoms with Gasteiger partial charge in [0.05, 0.1) is 14.2 Å². The Morgan fingerprint density at radius 3 is 2.70 bits per heavy atom. The molecule has 0 bridgehead atoms. The lowest BCUT2D eigenvalue weighted by atomic mass is 10.0. The predicted molar refractivity (Wildman–Crippen MR) is 89.6 cm³/mol. The lowest BCUT2D eigenvalue weighted by molar-refractivity contribution is 0.164. The highest BCUT2D eigenvalue weighted by Crippen LogP contribution is 2.27. The Labute approximate surface area is 138 Å². The van der Waals surface area contributed by atoms with Gasteiger partial charge >= 0.3 is 0 Å². The van der Waals surface area contributed by atoms with E-state index in [0.717, 1.165) is 6.54 Å². The van der Waals surface area contributed by atoms with Crippen LogP contribution in [0.4, 0.5) is 0 Å². The van der Waals surface area contributed by atoms with Crippen LogP contribution >= 0.6 is 0 Å². The number of likely N-dealkylation sites (tertiary alicyclic amines) is 1. The highest BCUT2D eigenvalue weighted by molar-refractivity contribution is 7.89. The number of sulfonamides is 1. The van der Waals surface area contributed by atoms with Crippen molar-refractivity contribution in [3.63, 3.8) is 0 Å². The molecular formula is C16H26N2O4S. The van der Waals surface area contributed by atoms with E-state index in [-0.39, 0.29) is 4.90 Å². The van der Waals surface area contributed by atoms with Gasteiger partial charge in [0, 0.05) is 25.2 Å². The van der Waals surface area contributed by atoms with Gasteiger partial charge in [-0.1, -0.05) is 6.42 Å². The van der Waals surface area contributed by atoms with Crippen LogP contribution in [0.15, 0.2) is 23.1 Å². The molecule has 7 heteroatoms. The maximum absolute atomic E-state index is 12.5. The molecule has 0 unspecified atom stereocenters. The van der Waals surface area contributed by atoms with Gasteiger partial charge in [0.2, 0.25) is 10.0 Å². The molecule has 1 atom stereocenters. The van der Waals surface area contributed by atoms with Crippen LogP contribution in [0.2, 0.25) is 0 Å². The summed E-state index contributed by atoms with van der Waals surface area (Å²) in [6.07, 6.45) is 3.61. The minimum atomic E-state index is -3.64. The van der Waals surface area contributed by atoms with E-state index in [1.54, 1.807) is 12.1 Å². The van der Waals surface area contributed by atoms with Crippen molar-refractivity contribution in [2.24, 2.45) is 0 Å². The van der Waals surface area contributed by atoms with Crippen molar-refractivity contribution in [2.45, 2.75) is 37.1 Å². The molecule has 1 heterocycles. The summed E-state index contributed by atoms with van der Waals surface area (Å²) < 4.78 is 38.0. The number of methoxy groups -OCH3 is 2. The van der Waals surface area contributed by atoms with E-state index in [0.29, 0.717) is 30.6 Å². The highest BCUT2D eigenvalue weighted by atomic mass is 32.2. The van der Waals surface area contributed by atoms with E-state index >= 15 is 0 Å². The summed E-state index contributed by atoms with van der Waals surface area (Å²) >= 11 is 0. The first kappa shape index (κ1) is 18.0. The molecule has 1 aromatic rings. The second-order valence-electron chi connectivity index (χ2n) is 5.80. The quantitative estimate of drug-likeness (QED) is 0.819. The molecule has 1 saturated heterocycles. The molecule has 1 N–H and O–H groups in total. The van der Waals surface area contributed by atoms with Crippen LogP contribution in [-0.2, 0) is 10.0 Å². The molecule has 23 heavy (non-hydrogen) atoms. The highest BCUT2D eigenvalue weighted by Gasteiger charge is 2.22. The minimum absolute atomic E-state index is 0.103. The number of benzene rings is 1. The van der Waals surface area contributed by atoms with Crippen molar-refractivity contribution >= 4 is 10.0 Å². The molecule has 1 aliphatic rings. The summed E-state index contributed by atoms with van der Waals surface area (Å²) in [5.74, 6) is 0.792. The van der Waals surface area contributed by atoms with Gasteiger partial charge in [-0.25, -0.2) is 13.1 Å². The molecule has 0 aliphatic carbocycles. The van der Waals surface area contributed by atoms with E-state index < -0.39 is 10.0 Å². The van der Waals surface area contributed by atoms with Gasteiger partial charge in [-0.2, -0.15) is 0 Å². The molecule has 1 aliphatic heterocycles. The fourth-order valence-electron chi connectivity index (χ4n) is 2.89. The number of nitrogens with one attached hydrogen (secondary N) is 1. The average Bonchev–Trinajstić information content (AvgIpc) is 2.56. The Balaban J connectivity index is 2.03. The van der Waals surface area contributed by atoms with Crippen LogP contribution in [0.1, 0.15) is 26.2 Å². The van der Waals surface area contributed by atoms with Crippen molar-refractivity contribution in [3.8, 4) is 11.5 Å². The van der Waals surface area contributed by atoms with Crippen molar-refractivity contribution in [2.75, 3.05) is 33.9 Å². The van der Waals surface area contributed by atoms with Gasteiger partial charge in [0.15, 0.2) is 0 Å². The summed E-state index contributed by atoms with van der Waals surface area (Å²) in [6.45, 7) is 4.32. The van der Waals surface area contributed by atoms with Gasteiger partial charge in [-0.05, 0) is 38.4 Å². The number of ether oxygens (including phenoxy) is 2. The molecule has 0 saturated carbocycles. The summed E-state index contributed by atoms with van der Waals surface area (Å²) in [5.41, 5.74) is 0. The van der Waals surface area contributed by atoms with Crippen molar-refractivity contribution in [1.29, 1.82) is 0 Å². The molecule has 1 fully saturated rings. The fourth-order valence-corrected chi connectivity index (χ4v) is 4.09. The SMILES string of the molecule is COc1ccc(OC)c(S(=O)(=O)NCCN2CCCC[C@@H]2C)c1. The average molecular weight is 342 g/mol. The first-order valence-electron chi connectivity index (χ1n) is 7.93. The molecule has 0 spiro atoms. The van der Waals surface area contributed by atoms with E-state index in [4.69, 9.17) is 9.47 Å². The standard InChI is InChI=1S/C16H26N2O4S/c1-13-6-4-5-10-18(13)11-9-17-23(19,20)16-12-14(21-2)7-8-15(16)22-3/h7-8,12-13,17H,4-6,9-11H2,1-3H3/t13-/m0/s1. The largest absolute Gasteiger partial charge is 0.497 e. The number of nitrogens with zero attached hydrogens (tertiary/aromatic N) is 1. The third-order valence-electron chi connectivity index (χ3n) is 4.29. The lowest BCUT2D eigenvalue weighted by Gasteiger charge is -2.33. The second-order valence-corrected chi connectivity index (χ2v) is 7.53. The Morgan fingerprint density at radius 1 is 1.26 bits per heavy atom. The molecule has 130 valence electrons. The van der Waals surface area contributed by atoms with Crippen LogP contribution in [0.25, 0.3) is 0 Å². The maximum Gasteiger partial charge on any atom is 0.244 e. The number of piperidine rings is 1. The monoisotopic (exact) mass is 342 g/mol. The normalized spacial score (nSPS) is 19.5. The van der Waals surface area contributed by atoms with Crippen LogP contribution in [0.5, 0.6) is 11.5 Å². The Hall–Kier alpha value is -1.31. The Bertz CT molecular complexity index is 619. The van der Waals surface area contributed by atoms with Crippen LogP contribution in [0.3, 0.4) is 0 Å². The van der Waals surface area contributed by atoms with E-state index in [1.807, 2.05) is 0 Å². The first-order valence-corrected chi connectivity index (χ1v) is 9.42. The molecule has 6 nitrogen and oxygen atoms in total. The zero-order valence-electron chi connectivity index (χ0n) is 14.0. The third kappa shape index (κ3) is 4.59. The number of hydrogen-bond donors (Lipinski definition) is 1. The third-order valence-corrected chi connectivity index (χ3v) is 5.77. The summed E-state index contributed by atoms with van der Waals surface area (Å²) in [6, 6.07) is 5.26. The smallest absolute Gasteiger partial charge is 0.244 e. The molecule has 0 aromatic heterocycles. The van der Waals surface area contributed by atoms with E-state index in [9.17, 15) is 8.42 Å². The van der Waals surface area contributed by atoms with Gasteiger partial charge in [-0.15, -0.1) is 0 Å². The lowest BCUT2D eigenvalue weighted by Crippen LogP contribution is -2.42. The summed E-state index contributed by atoms with van der Waals surface area (Å²) in [7, 11) is -0.678. The minimum Gasteiger partial charge on any atom is -0.497 e. The molecule has 2 rings (SSSR count). The van der Waals surface area contributed by atoms with Crippen molar-refractivity contribution in [1.82, 2.24) is 9.62 Å². The van der Waals surface area contributed by atoms with Crippen molar-refractivity contribution < 1.29 is 17.9 Å². The zero-order chi connectivity index (χ0) is 16.9. The topological polar surface area (TPSA) is 67.9 Å². The first-order chi connectivity index (χ1) is 11.0. The fraction of sp³-hybridized carbons (Fsp3) is 0.625. The summed E-state index contributed by atoms with van der Waals surface area (Å²) in [4.78, 5) is 2.43. The van der Waals surface area contributed by atoms with Gasteiger partial charge in [0.1, 0.15) is 16.4 Å². The van der Waals surface area contributed by atoms with Crippen molar-refractivity contribution in [3.05, 3.63) is 18.2 Å². The van der Waals surface area contributed by atoms with E-state index in [1.165, 1.54) is 39.5 Å². The van der Waals surface area contributed by atoms with Gasteiger partial charge in [0.25, 0.3) is 0 Å². The molecule has 0 radical (unpaired) electrons. The number of rotatable bonds is 7.